The first kappa shape index (κ1) is 43.1. The van der Waals surface area contributed by atoms with E-state index >= 15 is 0 Å². The normalized spacial score (nSPS) is 12.0. The number of allylic oxidation sites excluding steroid dienone is 3. The van der Waals surface area contributed by atoms with Crippen molar-refractivity contribution < 1.29 is 0 Å². The average molecular weight is 806 g/mol. The third-order valence-corrected chi connectivity index (χ3v) is 11.6. The third-order valence-electron chi connectivity index (χ3n) is 11.6. The zero-order valence-corrected chi connectivity index (χ0v) is 37.2. The Kier molecular flexibility index (Phi) is 14.0. The fourth-order valence-corrected chi connectivity index (χ4v) is 8.84. The van der Waals surface area contributed by atoms with Gasteiger partial charge in [-0.2, -0.15) is 0 Å². The van der Waals surface area contributed by atoms with Crippen molar-refractivity contribution in [1.82, 2.24) is 4.57 Å². The second-order valence-electron chi connectivity index (χ2n) is 15.9. The van der Waals surface area contributed by atoms with Gasteiger partial charge in [-0.15, -0.1) is 6.58 Å². The number of hydrogen-bond donors (Lipinski definition) is 0. The summed E-state index contributed by atoms with van der Waals surface area (Å²) < 4.78 is 2.37. The van der Waals surface area contributed by atoms with Gasteiger partial charge in [-0.25, -0.2) is 0 Å². The zero-order chi connectivity index (χ0) is 43.5. The van der Waals surface area contributed by atoms with Crippen LogP contribution in [0.4, 0.5) is 0 Å². The fourth-order valence-electron chi connectivity index (χ4n) is 8.84. The smallest absolute Gasteiger partial charge is 0.0713 e. The van der Waals surface area contributed by atoms with Gasteiger partial charge in [0.05, 0.1) is 16.4 Å². The first-order valence-corrected chi connectivity index (χ1v) is 22.2. The molecule has 0 atom stereocenters. The lowest BCUT2D eigenvalue weighted by atomic mass is 9.67. The van der Waals surface area contributed by atoms with Gasteiger partial charge < -0.3 is 4.57 Å². The molecule has 0 bridgehead atoms. The van der Waals surface area contributed by atoms with E-state index in [2.05, 4.69) is 225 Å². The van der Waals surface area contributed by atoms with E-state index in [9.17, 15) is 0 Å². The van der Waals surface area contributed by atoms with E-state index < -0.39 is 5.41 Å². The third kappa shape index (κ3) is 8.37. The molecule has 0 radical (unpaired) electrons. The molecule has 0 unspecified atom stereocenters. The number of aromatic nitrogens is 1. The maximum atomic E-state index is 3.60. The number of benzene rings is 8. The molecule has 10 rings (SSSR count). The number of para-hydroxylation sites is 2. The van der Waals surface area contributed by atoms with Crippen molar-refractivity contribution >= 4 is 21.8 Å². The second-order valence-corrected chi connectivity index (χ2v) is 15.9. The molecule has 1 aromatic heterocycles. The molecule has 0 aliphatic heterocycles. The van der Waals surface area contributed by atoms with Crippen molar-refractivity contribution in [2.24, 2.45) is 5.92 Å². The van der Waals surface area contributed by atoms with Crippen molar-refractivity contribution in [3.05, 3.63) is 247 Å². The Morgan fingerprint density at radius 2 is 0.968 bits per heavy atom. The molecule has 62 heavy (non-hydrogen) atoms. The van der Waals surface area contributed by atoms with Crippen LogP contribution in [-0.2, 0) is 5.41 Å². The van der Waals surface area contributed by atoms with Gasteiger partial charge in [-0.1, -0.05) is 204 Å². The summed E-state index contributed by atoms with van der Waals surface area (Å²) in [5, 5.41) is 2.53. The number of hydrogen-bond acceptors (Lipinski definition) is 0. The minimum absolute atomic E-state index is 0.417. The van der Waals surface area contributed by atoms with Gasteiger partial charge in [0.15, 0.2) is 0 Å². The first-order valence-electron chi connectivity index (χ1n) is 22.2. The maximum Gasteiger partial charge on any atom is 0.0713 e. The van der Waals surface area contributed by atoms with Crippen LogP contribution < -0.4 is 0 Å². The SMILES string of the molecule is C/C=C\C.C=CCC(C)C.CC.c1ccc(-n2c3ccccc3c3cc(-c4cccc(-c5ccc6c(c5)C(c5ccccc5)(c5ccccc5)c5ccccc5-6)c4)ccc32)cc1. The molecule has 9 aromatic rings. The summed E-state index contributed by atoms with van der Waals surface area (Å²) in [4.78, 5) is 0. The molecule has 1 nitrogen and oxygen atoms in total. The highest BCUT2D eigenvalue weighted by Crippen LogP contribution is 2.56. The Hall–Kier alpha value is -6.96. The lowest BCUT2D eigenvalue weighted by molar-refractivity contribution is 0.664. The van der Waals surface area contributed by atoms with Crippen molar-refractivity contribution in [2.45, 2.75) is 53.4 Å². The summed E-state index contributed by atoms with van der Waals surface area (Å²) >= 11 is 0. The average Bonchev–Trinajstić information content (AvgIpc) is 3.83. The van der Waals surface area contributed by atoms with Gasteiger partial charge in [-0.05, 0) is 124 Å². The highest BCUT2D eigenvalue weighted by molar-refractivity contribution is 6.10. The zero-order valence-electron chi connectivity index (χ0n) is 37.2. The van der Waals surface area contributed by atoms with Crippen molar-refractivity contribution in [3.63, 3.8) is 0 Å². The topological polar surface area (TPSA) is 4.93 Å². The molecule has 0 saturated heterocycles. The Labute approximate surface area is 370 Å². The molecule has 1 aliphatic rings. The van der Waals surface area contributed by atoms with Crippen LogP contribution in [0.15, 0.2) is 225 Å². The standard InChI is InChI=1S/C49H33N.C6H12.C4H8.C2H6/c1-4-17-38(18-5-1)49(39-19-6-2-7-20-39)45-25-12-10-23-41(45)42-29-27-37(33-46(42)49)35-16-14-15-34(31-35)36-28-30-48-44(32-36)43-24-11-13-26-47(43)50(48)40-21-8-3-9-22-40;1-4-5-6(2)3;1-3-4-2;1-2/h1-33H;4,6H,1,5H2,2-3H3;3-4H,1-2H3;1-2H3/b;;4-3-;. The van der Waals surface area contributed by atoms with Gasteiger partial charge in [0.2, 0.25) is 0 Å². The molecule has 1 aliphatic carbocycles. The summed E-state index contributed by atoms with van der Waals surface area (Å²) in [5.41, 5.74) is 15.9. The molecule has 8 aromatic carbocycles. The lowest BCUT2D eigenvalue weighted by Gasteiger charge is -2.34. The van der Waals surface area contributed by atoms with Crippen LogP contribution in [0.5, 0.6) is 0 Å². The summed E-state index contributed by atoms with van der Waals surface area (Å²) in [6, 6.07) is 73.5. The molecule has 0 fully saturated rings. The van der Waals surface area contributed by atoms with E-state index in [4.69, 9.17) is 0 Å². The Balaban J connectivity index is 0.000000431. The largest absolute Gasteiger partial charge is 0.309 e. The summed E-state index contributed by atoms with van der Waals surface area (Å²) in [6.07, 6.45) is 7.09. The molecule has 0 N–H and O–H groups in total. The van der Waals surface area contributed by atoms with Crippen LogP contribution in [0, 0.1) is 5.92 Å². The van der Waals surface area contributed by atoms with Crippen LogP contribution in [-0.4, -0.2) is 4.57 Å². The molecule has 308 valence electrons. The van der Waals surface area contributed by atoms with Crippen LogP contribution in [0.2, 0.25) is 0 Å². The Morgan fingerprint density at radius 1 is 0.468 bits per heavy atom. The molecule has 1 heteroatoms. The van der Waals surface area contributed by atoms with Crippen molar-refractivity contribution in [2.75, 3.05) is 0 Å². The molecular weight excluding hydrogens is 747 g/mol. The van der Waals surface area contributed by atoms with Gasteiger partial charge in [0.1, 0.15) is 0 Å². The quantitative estimate of drug-likeness (QED) is 0.141. The van der Waals surface area contributed by atoms with Gasteiger partial charge in [-0.3, -0.25) is 0 Å². The van der Waals surface area contributed by atoms with E-state index in [1.54, 1.807) is 0 Å². The molecule has 0 saturated carbocycles. The highest BCUT2D eigenvalue weighted by atomic mass is 15.0. The summed E-state index contributed by atoms with van der Waals surface area (Å²) in [6.45, 7) is 16.0. The van der Waals surface area contributed by atoms with Crippen LogP contribution in [0.3, 0.4) is 0 Å². The highest BCUT2D eigenvalue weighted by Gasteiger charge is 2.46. The minimum atomic E-state index is -0.417. The minimum Gasteiger partial charge on any atom is -0.309 e. The molecule has 0 amide bonds. The summed E-state index contributed by atoms with van der Waals surface area (Å²) in [5.74, 6) is 0.780. The van der Waals surface area contributed by atoms with E-state index in [-0.39, 0.29) is 0 Å². The predicted octanol–water partition coefficient (Wildman–Crippen LogP) is 17.3. The maximum absolute atomic E-state index is 3.60. The Morgan fingerprint density at radius 3 is 1.56 bits per heavy atom. The number of fused-ring (bicyclic) bond motifs is 6. The number of rotatable bonds is 7. The van der Waals surface area contributed by atoms with E-state index in [1.165, 1.54) is 83.1 Å². The van der Waals surface area contributed by atoms with Gasteiger partial charge in [0.25, 0.3) is 0 Å². The number of nitrogens with zero attached hydrogens (tertiary/aromatic N) is 1. The molecule has 0 spiro atoms. The van der Waals surface area contributed by atoms with Crippen molar-refractivity contribution in [3.8, 4) is 39.1 Å². The molecular formula is C61H59N. The first-order chi connectivity index (χ1) is 30.5. The van der Waals surface area contributed by atoms with E-state index in [1.807, 2.05) is 45.9 Å². The monoisotopic (exact) mass is 805 g/mol. The van der Waals surface area contributed by atoms with Crippen LogP contribution in [0.25, 0.3) is 60.9 Å². The summed E-state index contributed by atoms with van der Waals surface area (Å²) in [7, 11) is 0. The van der Waals surface area contributed by atoms with E-state index in [0.717, 1.165) is 12.3 Å². The fraction of sp³-hybridized carbons (Fsp3) is 0.148. The Bertz CT molecular complexity index is 2850. The van der Waals surface area contributed by atoms with Crippen LogP contribution in [0.1, 0.15) is 70.2 Å². The van der Waals surface area contributed by atoms with Gasteiger partial charge >= 0.3 is 0 Å². The van der Waals surface area contributed by atoms with Crippen molar-refractivity contribution in [1.29, 1.82) is 0 Å². The van der Waals surface area contributed by atoms with Gasteiger partial charge in [0, 0.05) is 16.5 Å². The van der Waals surface area contributed by atoms with E-state index in [0.29, 0.717) is 0 Å². The molecule has 1 heterocycles. The van der Waals surface area contributed by atoms with Crippen LogP contribution >= 0.6 is 0 Å². The second kappa shape index (κ2) is 20.1. The predicted molar refractivity (Wildman–Crippen MR) is 270 cm³/mol. The lowest BCUT2D eigenvalue weighted by Crippen LogP contribution is -2.28.